The topological polar surface area (TPSA) is 80.0 Å². The maximum absolute atomic E-state index is 11.0. The summed E-state index contributed by atoms with van der Waals surface area (Å²) in [6.07, 6.45) is 4.47. The maximum Gasteiger partial charge on any atom is 0.412 e. The molecule has 0 aliphatic heterocycles. The van der Waals surface area contributed by atoms with Gasteiger partial charge in [0.25, 0.3) is 0 Å². The fraction of sp³-hybridized carbons (Fsp3) is 0.0952. The smallest absolute Gasteiger partial charge is 0.412 e. The summed E-state index contributed by atoms with van der Waals surface area (Å²) >= 11 is 0. The minimum atomic E-state index is -1.05. The second-order valence-electron chi connectivity index (χ2n) is 6.28. The van der Waals surface area contributed by atoms with Crippen molar-refractivity contribution in [3.05, 3.63) is 67.1 Å². The van der Waals surface area contributed by atoms with Gasteiger partial charge in [0, 0.05) is 30.6 Å². The van der Waals surface area contributed by atoms with Gasteiger partial charge in [-0.15, -0.1) is 0 Å². The van der Waals surface area contributed by atoms with Gasteiger partial charge >= 0.3 is 6.09 Å². The highest BCUT2D eigenvalue weighted by Crippen LogP contribution is 2.26. The number of hydrogen-bond donors (Lipinski definition) is 1. The third-order valence-electron chi connectivity index (χ3n) is 4.55. The van der Waals surface area contributed by atoms with Crippen LogP contribution in [0.4, 0.5) is 10.6 Å². The van der Waals surface area contributed by atoms with Gasteiger partial charge < -0.3 is 14.2 Å². The van der Waals surface area contributed by atoms with Crippen LogP contribution in [-0.4, -0.2) is 39.7 Å². The molecule has 7 nitrogen and oxygen atoms in total. The number of imidazole rings is 1. The van der Waals surface area contributed by atoms with Gasteiger partial charge in [0.2, 0.25) is 0 Å². The Bertz CT molecular complexity index is 1130. The number of amides is 1. The van der Waals surface area contributed by atoms with Crippen molar-refractivity contribution in [3.63, 3.8) is 0 Å². The molecule has 28 heavy (non-hydrogen) atoms. The molecule has 0 bridgehead atoms. The molecule has 3 aromatic heterocycles. The number of aromatic nitrogens is 3. The summed E-state index contributed by atoms with van der Waals surface area (Å²) in [4.78, 5) is 20.9. The van der Waals surface area contributed by atoms with E-state index in [1.807, 2.05) is 59.3 Å². The fourth-order valence-corrected chi connectivity index (χ4v) is 2.92. The molecule has 4 aromatic rings. The van der Waals surface area contributed by atoms with E-state index >= 15 is 0 Å². The zero-order chi connectivity index (χ0) is 19.7. The van der Waals surface area contributed by atoms with Gasteiger partial charge in [-0.05, 0) is 29.8 Å². The molecule has 0 saturated carbocycles. The summed E-state index contributed by atoms with van der Waals surface area (Å²) in [5.41, 5.74) is 4.63. The molecular formula is C21H18N4O3. The van der Waals surface area contributed by atoms with Crippen molar-refractivity contribution in [1.82, 2.24) is 14.4 Å². The number of fused-ring (bicyclic) bond motifs is 1. The van der Waals surface area contributed by atoms with Crippen molar-refractivity contribution in [3.8, 4) is 28.1 Å². The van der Waals surface area contributed by atoms with E-state index in [0.29, 0.717) is 5.82 Å². The summed E-state index contributed by atoms with van der Waals surface area (Å²) in [6.45, 7) is 0. The Morgan fingerprint density at radius 1 is 1.00 bits per heavy atom. The van der Waals surface area contributed by atoms with Crippen molar-refractivity contribution in [2.45, 2.75) is 0 Å². The number of rotatable bonds is 4. The Labute approximate surface area is 161 Å². The summed E-state index contributed by atoms with van der Waals surface area (Å²) in [7, 11) is 3.10. The van der Waals surface area contributed by atoms with Crippen LogP contribution in [0.1, 0.15) is 0 Å². The van der Waals surface area contributed by atoms with Crippen LogP contribution in [0.15, 0.2) is 67.1 Å². The number of carboxylic acid groups (broad SMARTS) is 1. The van der Waals surface area contributed by atoms with Gasteiger partial charge in [-0.1, -0.05) is 24.3 Å². The molecule has 0 aliphatic rings. The highest BCUT2D eigenvalue weighted by molar-refractivity contribution is 5.84. The lowest BCUT2D eigenvalue weighted by Gasteiger charge is -2.12. The summed E-state index contributed by atoms with van der Waals surface area (Å²) in [5.74, 6) is 1.16. The van der Waals surface area contributed by atoms with Crippen LogP contribution >= 0.6 is 0 Å². The number of ether oxygens (including phenoxy) is 1. The monoisotopic (exact) mass is 374 g/mol. The van der Waals surface area contributed by atoms with Crippen molar-refractivity contribution in [1.29, 1.82) is 0 Å². The molecule has 1 amide bonds. The molecule has 0 spiro atoms. The fourth-order valence-electron chi connectivity index (χ4n) is 2.92. The molecular weight excluding hydrogens is 356 g/mol. The molecule has 0 radical (unpaired) electrons. The van der Waals surface area contributed by atoms with Crippen LogP contribution in [-0.2, 0) is 0 Å². The summed E-state index contributed by atoms with van der Waals surface area (Å²) in [5, 5.41) is 9.01. The first-order valence-corrected chi connectivity index (χ1v) is 8.61. The molecule has 7 heteroatoms. The minimum Gasteiger partial charge on any atom is -0.495 e. The maximum atomic E-state index is 11.0. The molecule has 1 aromatic carbocycles. The quantitative estimate of drug-likeness (QED) is 0.579. The van der Waals surface area contributed by atoms with Crippen LogP contribution in [0.5, 0.6) is 5.75 Å². The largest absolute Gasteiger partial charge is 0.495 e. The van der Waals surface area contributed by atoms with E-state index in [1.165, 1.54) is 7.05 Å². The van der Waals surface area contributed by atoms with Crippen molar-refractivity contribution in [2.24, 2.45) is 0 Å². The molecule has 1 N–H and O–H groups in total. The standard InChI is InChI=1S/C21H18N4O3/c1-24(21(26)27)19-9-7-16(11-22-19)14-3-5-15(6-4-14)18-13-25-12-17(28-2)8-10-20(25)23-18/h3-13H,1-2H3,(H,26,27). The summed E-state index contributed by atoms with van der Waals surface area (Å²) < 4.78 is 7.18. The lowest BCUT2D eigenvalue weighted by atomic mass is 10.0. The lowest BCUT2D eigenvalue weighted by molar-refractivity contribution is 0.203. The molecule has 4 rings (SSSR count). The second-order valence-corrected chi connectivity index (χ2v) is 6.28. The number of hydrogen-bond acceptors (Lipinski definition) is 4. The minimum absolute atomic E-state index is 0.382. The van der Waals surface area contributed by atoms with Gasteiger partial charge in [-0.2, -0.15) is 0 Å². The van der Waals surface area contributed by atoms with Gasteiger partial charge in [0.1, 0.15) is 17.2 Å². The lowest BCUT2D eigenvalue weighted by Crippen LogP contribution is -2.24. The first kappa shape index (κ1) is 17.5. The number of methoxy groups -OCH3 is 1. The van der Waals surface area contributed by atoms with Crippen LogP contribution in [0, 0.1) is 0 Å². The predicted octanol–water partition coefficient (Wildman–Crippen LogP) is 4.19. The molecule has 0 fully saturated rings. The van der Waals surface area contributed by atoms with E-state index in [1.54, 1.807) is 19.4 Å². The Balaban J connectivity index is 1.59. The van der Waals surface area contributed by atoms with E-state index in [-0.39, 0.29) is 0 Å². The number of nitrogens with zero attached hydrogens (tertiary/aromatic N) is 4. The Hall–Kier alpha value is -3.87. The van der Waals surface area contributed by atoms with Crippen LogP contribution in [0.25, 0.3) is 28.0 Å². The van der Waals surface area contributed by atoms with Crippen molar-refractivity contribution < 1.29 is 14.6 Å². The highest BCUT2D eigenvalue weighted by atomic mass is 16.5. The number of anilines is 1. The van der Waals surface area contributed by atoms with E-state index < -0.39 is 6.09 Å². The SMILES string of the molecule is COc1ccc2nc(-c3ccc(-c4ccc(N(C)C(=O)O)nc4)cc3)cn2c1. The third kappa shape index (κ3) is 3.25. The Morgan fingerprint density at radius 2 is 1.71 bits per heavy atom. The van der Waals surface area contributed by atoms with E-state index in [4.69, 9.17) is 9.84 Å². The molecule has 0 aliphatic carbocycles. The normalized spacial score (nSPS) is 10.8. The molecule has 0 saturated heterocycles. The zero-order valence-electron chi connectivity index (χ0n) is 15.4. The van der Waals surface area contributed by atoms with Gasteiger partial charge in [-0.3, -0.25) is 4.90 Å². The molecule has 0 atom stereocenters. The Kier molecular flexibility index (Phi) is 4.41. The van der Waals surface area contributed by atoms with Crippen LogP contribution in [0.3, 0.4) is 0 Å². The molecule has 0 unspecified atom stereocenters. The predicted molar refractivity (Wildman–Crippen MR) is 107 cm³/mol. The average molecular weight is 374 g/mol. The van der Waals surface area contributed by atoms with Gasteiger partial charge in [0.15, 0.2) is 0 Å². The zero-order valence-corrected chi connectivity index (χ0v) is 15.4. The third-order valence-corrected chi connectivity index (χ3v) is 4.55. The number of pyridine rings is 2. The van der Waals surface area contributed by atoms with E-state index in [0.717, 1.165) is 38.7 Å². The van der Waals surface area contributed by atoms with Crippen LogP contribution in [0.2, 0.25) is 0 Å². The van der Waals surface area contributed by atoms with Gasteiger partial charge in [0.05, 0.1) is 19.0 Å². The molecule has 3 heterocycles. The van der Waals surface area contributed by atoms with E-state index in [2.05, 4.69) is 9.97 Å². The Morgan fingerprint density at radius 3 is 2.36 bits per heavy atom. The average Bonchev–Trinajstić information content (AvgIpc) is 3.16. The van der Waals surface area contributed by atoms with Crippen LogP contribution < -0.4 is 9.64 Å². The van der Waals surface area contributed by atoms with E-state index in [9.17, 15) is 4.79 Å². The second kappa shape index (κ2) is 7.03. The number of benzene rings is 1. The van der Waals surface area contributed by atoms with Gasteiger partial charge in [-0.25, -0.2) is 14.8 Å². The first-order chi connectivity index (χ1) is 13.5. The van der Waals surface area contributed by atoms with Crippen molar-refractivity contribution in [2.75, 3.05) is 19.1 Å². The first-order valence-electron chi connectivity index (χ1n) is 8.61. The highest BCUT2D eigenvalue weighted by Gasteiger charge is 2.10. The molecule has 140 valence electrons. The van der Waals surface area contributed by atoms with Crippen molar-refractivity contribution >= 4 is 17.6 Å². The summed E-state index contributed by atoms with van der Waals surface area (Å²) in [6, 6.07) is 15.3. The number of carbonyl (C=O) groups is 1.